The van der Waals surface area contributed by atoms with E-state index < -0.39 is 0 Å². The highest BCUT2D eigenvalue weighted by Gasteiger charge is 2.10. The lowest BCUT2D eigenvalue weighted by molar-refractivity contribution is 0.0710. The SMILES string of the molecule is CO[C@@H](C)COc1cc2cc(F)ccc2nc1C=O. The first-order valence-electron chi connectivity index (χ1n) is 5.85. The summed E-state index contributed by atoms with van der Waals surface area (Å²) in [4.78, 5) is 15.1. The minimum atomic E-state index is -0.357. The van der Waals surface area contributed by atoms with Crippen molar-refractivity contribution >= 4 is 17.2 Å². The van der Waals surface area contributed by atoms with Crippen LogP contribution < -0.4 is 4.74 Å². The molecule has 1 aromatic heterocycles. The van der Waals surface area contributed by atoms with Crippen LogP contribution in [0, 0.1) is 5.82 Å². The third-order valence-electron chi connectivity index (χ3n) is 2.76. The monoisotopic (exact) mass is 263 g/mol. The fourth-order valence-electron chi connectivity index (χ4n) is 1.62. The number of pyridine rings is 1. The van der Waals surface area contributed by atoms with Gasteiger partial charge in [-0.3, -0.25) is 4.79 Å². The predicted octanol–water partition coefficient (Wildman–Crippen LogP) is 2.60. The third-order valence-corrected chi connectivity index (χ3v) is 2.76. The van der Waals surface area contributed by atoms with Crippen LogP contribution in [0.1, 0.15) is 17.4 Å². The van der Waals surface area contributed by atoms with Crippen molar-refractivity contribution in [2.75, 3.05) is 13.7 Å². The van der Waals surface area contributed by atoms with Gasteiger partial charge in [0.15, 0.2) is 6.29 Å². The maximum Gasteiger partial charge on any atom is 0.172 e. The summed E-state index contributed by atoms with van der Waals surface area (Å²) in [5, 5.41) is 0.589. The predicted molar refractivity (Wildman–Crippen MR) is 69.1 cm³/mol. The molecule has 0 radical (unpaired) electrons. The third kappa shape index (κ3) is 3.06. The van der Waals surface area contributed by atoms with Crippen LogP contribution in [0.2, 0.25) is 0 Å². The summed E-state index contributed by atoms with van der Waals surface area (Å²) >= 11 is 0. The standard InChI is InChI=1S/C14H14FNO3/c1-9(18-2)8-19-14-6-10-5-11(15)3-4-12(10)16-13(14)7-17/h3-7,9H,8H2,1-2H3/t9-/m0/s1. The van der Waals surface area contributed by atoms with Gasteiger partial charge in [0.05, 0.1) is 11.6 Å². The van der Waals surface area contributed by atoms with E-state index >= 15 is 0 Å². The van der Waals surface area contributed by atoms with Crippen molar-refractivity contribution in [2.24, 2.45) is 0 Å². The molecule has 0 unspecified atom stereocenters. The van der Waals surface area contributed by atoms with Crippen molar-refractivity contribution in [2.45, 2.75) is 13.0 Å². The van der Waals surface area contributed by atoms with Crippen LogP contribution >= 0.6 is 0 Å². The lowest BCUT2D eigenvalue weighted by atomic mass is 10.2. The van der Waals surface area contributed by atoms with E-state index in [1.54, 1.807) is 13.2 Å². The van der Waals surface area contributed by atoms with Gasteiger partial charge < -0.3 is 9.47 Å². The Morgan fingerprint density at radius 1 is 1.42 bits per heavy atom. The highest BCUT2D eigenvalue weighted by Crippen LogP contribution is 2.23. The smallest absolute Gasteiger partial charge is 0.172 e. The molecule has 0 fully saturated rings. The second-order valence-electron chi connectivity index (χ2n) is 4.18. The number of hydrogen-bond donors (Lipinski definition) is 0. The van der Waals surface area contributed by atoms with Crippen molar-refractivity contribution in [3.05, 3.63) is 35.8 Å². The molecule has 0 amide bonds. The molecule has 0 N–H and O–H groups in total. The number of methoxy groups -OCH3 is 1. The minimum absolute atomic E-state index is 0.109. The van der Waals surface area contributed by atoms with Crippen molar-refractivity contribution in [3.8, 4) is 5.75 Å². The van der Waals surface area contributed by atoms with Gasteiger partial charge in [0, 0.05) is 12.5 Å². The van der Waals surface area contributed by atoms with E-state index in [1.165, 1.54) is 18.2 Å². The number of nitrogens with zero attached hydrogens (tertiary/aromatic N) is 1. The van der Waals surface area contributed by atoms with Crippen LogP contribution in [0.5, 0.6) is 5.75 Å². The molecule has 100 valence electrons. The zero-order chi connectivity index (χ0) is 13.8. The second-order valence-corrected chi connectivity index (χ2v) is 4.18. The van der Waals surface area contributed by atoms with E-state index in [9.17, 15) is 9.18 Å². The summed E-state index contributed by atoms with van der Waals surface area (Å²) < 4.78 is 23.7. The molecule has 0 aliphatic rings. The highest BCUT2D eigenvalue weighted by molar-refractivity contribution is 5.86. The fourth-order valence-corrected chi connectivity index (χ4v) is 1.62. The van der Waals surface area contributed by atoms with Gasteiger partial charge in [-0.25, -0.2) is 9.37 Å². The Morgan fingerprint density at radius 2 is 2.21 bits per heavy atom. The first-order valence-corrected chi connectivity index (χ1v) is 5.85. The summed E-state index contributed by atoms with van der Waals surface area (Å²) in [6.07, 6.45) is 0.512. The minimum Gasteiger partial charge on any atom is -0.488 e. The van der Waals surface area contributed by atoms with E-state index in [0.29, 0.717) is 29.5 Å². The summed E-state index contributed by atoms with van der Waals surface area (Å²) in [5.41, 5.74) is 0.748. The molecule has 0 saturated heterocycles. The normalized spacial score (nSPS) is 12.4. The molecule has 4 nitrogen and oxygen atoms in total. The molecule has 1 atom stereocenters. The van der Waals surface area contributed by atoms with E-state index in [1.807, 2.05) is 6.92 Å². The van der Waals surface area contributed by atoms with Gasteiger partial charge in [0.1, 0.15) is 23.9 Å². The first kappa shape index (κ1) is 13.4. The zero-order valence-corrected chi connectivity index (χ0v) is 10.7. The molecule has 19 heavy (non-hydrogen) atoms. The summed E-state index contributed by atoms with van der Waals surface area (Å²) in [7, 11) is 1.57. The lowest BCUT2D eigenvalue weighted by Crippen LogP contribution is -2.16. The number of ether oxygens (including phenoxy) is 2. The largest absolute Gasteiger partial charge is 0.488 e. The Labute approximate surface area is 110 Å². The van der Waals surface area contributed by atoms with Crippen LogP contribution in [-0.4, -0.2) is 31.1 Å². The van der Waals surface area contributed by atoms with Crippen LogP contribution in [0.3, 0.4) is 0 Å². The quantitative estimate of drug-likeness (QED) is 0.778. The molecule has 1 aromatic carbocycles. The Kier molecular flexibility index (Phi) is 4.06. The number of benzene rings is 1. The average Bonchev–Trinajstić information content (AvgIpc) is 2.43. The van der Waals surface area contributed by atoms with Gasteiger partial charge in [-0.1, -0.05) is 0 Å². The molecule has 1 heterocycles. The van der Waals surface area contributed by atoms with E-state index in [-0.39, 0.29) is 17.6 Å². The Hall–Kier alpha value is -2.01. The molecule has 0 aliphatic carbocycles. The number of carbonyl (C=O) groups is 1. The second kappa shape index (κ2) is 5.75. The number of aldehydes is 1. The number of hydrogen-bond acceptors (Lipinski definition) is 4. The molecule has 5 heteroatoms. The molecule has 0 aliphatic heterocycles. The first-order chi connectivity index (χ1) is 9.13. The fraction of sp³-hybridized carbons (Fsp3) is 0.286. The van der Waals surface area contributed by atoms with E-state index in [2.05, 4.69) is 4.98 Å². The van der Waals surface area contributed by atoms with Crippen molar-refractivity contribution in [1.82, 2.24) is 4.98 Å². The number of rotatable bonds is 5. The van der Waals surface area contributed by atoms with Crippen molar-refractivity contribution in [1.29, 1.82) is 0 Å². The van der Waals surface area contributed by atoms with Gasteiger partial charge in [-0.2, -0.15) is 0 Å². The molecule has 2 aromatic rings. The molecular formula is C14H14FNO3. The zero-order valence-electron chi connectivity index (χ0n) is 10.7. The number of carbonyl (C=O) groups excluding carboxylic acids is 1. The average molecular weight is 263 g/mol. The van der Waals surface area contributed by atoms with Crippen molar-refractivity contribution < 1.29 is 18.7 Å². The van der Waals surface area contributed by atoms with Crippen LogP contribution in [0.4, 0.5) is 4.39 Å². The molecular weight excluding hydrogens is 249 g/mol. The Morgan fingerprint density at radius 3 is 2.89 bits per heavy atom. The van der Waals surface area contributed by atoms with Crippen molar-refractivity contribution in [3.63, 3.8) is 0 Å². The Bertz CT molecular complexity index is 601. The molecule has 2 rings (SSSR count). The summed E-state index contributed by atoms with van der Waals surface area (Å²) in [5.74, 6) is -0.0265. The summed E-state index contributed by atoms with van der Waals surface area (Å²) in [6.45, 7) is 2.13. The maximum absolute atomic E-state index is 13.2. The number of aromatic nitrogens is 1. The van der Waals surface area contributed by atoms with Crippen LogP contribution in [-0.2, 0) is 4.74 Å². The van der Waals surface area contributed by atoms with E-state index in [0.717, 1.165) is 0 Å². The van der Waals surface area contributed by atoms with Crippen LogP contribution in [0.15, 0.2) is 24.3 Å². The topological polar surface area (TPSA) is 48.4 Å². The van der Waals surface area contributed by atoms with Gasteiger partial charge >= 0.3 is 0 Å². The molecule has 0 bridgehead atoms. The Balaban J connectivity index is 2.37. The number of fused-ring (bicyclic) bond motifs is 1. The summed E-state index contributed by atoms with van der Waals surface area (Å²) in [6, 6.07) is 5.79. The number of halogens is 1. The molecule has 0 saturated carbocycles. The highest BCUT2D eigenvalue weighted by atomic mass is 19.1. The van der Waals surface area contributed by atoms with Gasteiger partial charge in [0.25, 0.3) is 0 Å². The van der Waals surface area contributed by atoms with Gasteiger partial charge in [-0.05, 0) is 31.2 Å². The molecule has 0 spiro atoms. The maximum atomic E-state index is 13.2. The van der Waals surface area contributed by atoms with E-state index in [4.69, 9.17) is 9.47 Å². The van der Waals surface area contributed by atoms with Gasteiger partial charge in [-0.15, -0.1) is 0 Å². The van der Waals surface area contributed by atoms with Gasteiger partial charge in [0.2, 0.25) is 0 Å². The van der Waals surface area contributed by atoms with Crippen LogP contribution in [0.25, 0.3) is 10.9 Å². The lowest BCUT2D eigenvalue weighted by Gasteiger charge is -2.13.